The van der Waals surface area contributed by atoms with Gasteiger partial charge in [0.2, 0.25) is 5.76 Å². The Bertz CT molecular complexity index is 1210. The average molecular weight is 512 g/mol. The minimum absolute atomic E-state index is 0.0869. The van der Waals surface area contributed by atoms with Gasteiger partial charge in [-0.15, -0.1) is 0 Å². The number of carbonyl (C=O) groups is 2. The fourth-order valence-electron chi connectivity index (χ4n) is 5.68. The molecule has 0 bridgehead atoms. The zero-order valence-corrected chi connectivity index (χ0v) is 22.4. The zero-order valence-electron chi connectivity index (χ0n) is 22.4. The van der Waals surface area contributed by atoms with Crippen LogP contribution in [0.15, 0.2) is 16.7 Å². The average Bonchev–Trinajstić information content (AvgIpc) is 3.49. The second kappa shape index (κ2) is 9.60. The standard InChI is InChI=1S/C26H37N7O4/c1-15-12-32(16(2)11-31(15)13-19-7-9-36-10-8-19)25(35)33-14-20-22(26(33,5)6)29-30-23(20)28-24(34)21-17(3)27-18(4)37-21/h15,19H,2,7-14H2,1,3-6H3,(H2,28,29,30,34)/t15-/m1/s1. The summed E-state index contributed by atoms with van der Waals surface area (Å²) in [6, 6.07) is 0.141. The Morgan fingerprint density at radius 3 is 2.62 bits per heavy atom. The number of hydrogen-bond donors (Lipinski definition) is 2. The Morgan fingerprint density at radius 1 is 1.22 bits per heavy atom. The van der Waals surface area contributed by atoms with E-state index in [1.807, 2.05) is 23.6 Å². The molecule has 37 heavy (non-hydrogen) atoms. The van der Waals surface area contributed by atoms with Crippen molar-refractivity contribution in [2.24, 2.45) is 5.92 Å². The lowest BCUT2D eigenvalue weighted by Gasteiger charge is -2.45. The predicted octanol–water partition coefficient (Wildman–Crippen LogP) is 3.38. The predicted molar refractivity (Wildman–Crippen MR) is 137 cm³/mol. The van der Waals surface area contributed by atoms with Crippen LogP contribution in [-0.4, -0.2) is 80.7 Å². The third-order valence-corrected chi connectivity index (χ3v) is 7.94. The van der Waals surface area contributed by atoms with Crippen LogP contribution >= 0.6 is 0 Å². The number of ether oxygens (including phenoxy) is 1. The van der Waals surface area contributed by atoms with Crippen molar-refractivity contribution in [3.05, 3.63) is 40.9 Å². The summed E-state index contributed by atoms with van der Waals surface area (Å²) in [5.41, 5.74) is 2.28. The molecule has 11 nitrogen and oxygen atoms in total. The molecule has 5 rings (SSSR count). The maximum atomic E-state index is 13.8. The molecular weight excluding hydrogens is 474 g/mol. The number of oxazole rings is 1. The molecule has 200 valence electrons. The molecule has 3 aliphatic rings. The minimum Gasteiger partial charge on any atom is -0.436 e. The number of urea groups is 1. The van der Waals surface area contributed by atoms with Crippen LogP contribution in [0.4, 0.5) is 10.6 Å². The second-order valence-electron chi connectivity index (χ2n) is 11.0. The molecule has 3 aliphatic heterocycles. The molecule has 0 radical (unpaired) electrons. The summed E-state index contributed by atoms with van der Waals surface area (Å²) in [6.07, 6.45) is 2.17. The highest BCUT2D eigenvalue weighted by Gasteiger charge is 2.46. The quantitative estimate of drug-likeness (QED) is 0.646. The first kappa shape index (κ1) is 25.5. The molecule has 2 aromatic heterocycles. The normalized spacial score (nSPS) is 22.4. The lowest BCUT2D eigenvalue weighted by Crippen LogP contribution is -2.57. The van der Waals surface area contributed by atoms with Crippen molar-refractivity contribution in [2.75, 3.05) is 38.2 Å². The van der Waals surface area contributed by atoms with Gasteiger partial charge in [0.1, 0.15) is 0 Å². The number of rotatable bonds is 4. The van der Waals surface area contributed by atoms with Gasteiger partial charge >= 0.3 is 6.03 Å². The van der Waals surface area contributed by atoms with Gasteiger partial charge in [-0.3, -0.25) is 19.7 Å². The van der Waals surface area contributed by atoms with Crippen LogP contribution in [0.5, 0.6) is 0 Å². The molecule has 0 aliphatic carbocycles. The number of hydrogen-bond acceptors (Lipinski definition) is 7. The van der Waals surface area contributed by atoms with Crippen LogP contribution in [-0.2, 0) is 16.8 Å². The molecular formula is C26H37N7O4. The van der Waals surface area contributed by atoms with Crippen LogP contribution in [0.3, 0.4) is 0 Å². The van der Waals surface area contributed by atoms with Gasteiger partial charge in [0, 0.05) is 57.1 Å². The fourth-order valence-corrected chi connectivity index (χ4v) is 5.68. The van der Waals surface area contributed by atoms with Crippen molar-refractivity contribution in [1.29, 1.82) is 0 Å². The zero-order chi connectivity index (χ0) is 26.5. The molecule has 1 atom stereocenters. The van der Waals surface area contributed by atoms with E-state index in [1.165, 1.54) is 0 Å². The third-order valence-electron chi connectivity index (χ3n) is 7.94. The molecule has 0 saturated carbocycles. The number of aromatic amines is 1. The summed E-state index contributed by atoms with van der Waals surface area (Å²) in [5, 5.41) is 10.2. The molecule has 2 saturated heterocycles. The molecule has 0 spiro atoms. The number of nitrogens with one attached hydrogen (secondary N) is 2. The maximum Gasteiger partial charge on any atom is 0.325 e. The van der Waals surface area contributed by atoms with Gasteiger partial charge in [-0.2, -0.15) is 5.10 Å². The summed E-state index contributed by atoms with van der Waals surface area (Å²) in [4.78, 5) is 36.9. The highest BCUT2D eigenvalue weighted by molar-refractivity contribution is 6.03. The van der Waals surface area contributed by atoms with E-state index in [-0.39, 0.29) is 17.8 Å². The Labute approximate surface area is 217 Å². The first-order valence-electron chi connectivity index (χ1n) is 13.0. The molecule has 2 N–H and O–H groups in total. The lowest BCUT2D eigenvalue weighted by atomic mass is 9.98. The number of carbonyl (C=O) groups excluding carboxylic acids is 2. The molecule has 5 heterocycles. The highest BCUT2D eigenvalue weighted by atomic mass is 16.5. The van der Waals surface area contributed by atoms with E-state index in [9.17, 15) is 9.59 Å². The van der Waals surface area contributed by atoms with Gasteiger partial charge in [0.05, 0.1) is 23.5 Å². The first-order valence-corrected chi connectivity index (χ1v) is 13.0. The number of amides is 3. The summed E-state index contributed by atoms with van der Waals surface area (Å²) in [5.74, 6) is 1.18. The summed E-state index contributed by atoms with van der Waals surface area (Å²) in [7, 11) is 0. The number of anilines is 1. The molecule has 0 aromatic carbocycles. The van der Waals surface area contributed by atoms with E-state index in [0.29, 0.717) is 43.0 Å². The molecule has 2 aromatic rings. The van der Waals surface area contributed by atoms with Crippen LogP contribution in [0.2, 0.25) is 0 Å². The molecule has 2 fully saturated rings. The van der Waals surface area contributed by atoms with Crippen molar-refractivity contribution in [3.8, 4) is 0 Å². The minimum atomic E-state index is -0.635. The van der Waals surface area contributed by atoms with Gasteiger partial charge in [-0.1, -0.05) is 6.58 Å². The van der Waals surface area contributed by atoms with Gasteiger partial charge in [0.25, 0.3) is 5.91 Å². The van der Waals surface area contributed by atoms with E-state index in [4.69, 9.17) is 9.15 Å². The number of H-pyrrole nitrogens is 1. The SMILES string of the molecule is C=C1CN(CC2CCOCC2)[C@H](C)CN1C(=O)N1Cc2c(NC(=O)c3oc(C)nc3C)n[nH]c2C1(C)C. The van der Waals surface area contributed by atoms with E-state index in [0.717, 1.165) is 49.6 Å². The van der Waals surface area contributed by atoms with E-state index < -0.39 is 11.4 Å². The maximum absolute atomic E-state index is 13.8. The molecule has 11 heteroatoms. The van der Waals surface area contributed by atoms with E-state index >= 15 is 0 Å². The van der Waals surface area contributed by atoms with Crippen molar-refractivity contribution in [3.63, 3.8) is 0 Å². The number of nitrogens with zero attached hydrogens (tertiary/aromatic N) is 5. The van der Waals surface area contributed by atoms with Crippen LogP contribution in [0.1, 0.15) is 67.0 Å². The highest BCUT2D eigenvalue weighted by Crippen LogP contribution is 2.41. The first-order chi connectivity index (χ1) is 17.6. The van der Waals surface area contributed by atoms with Crippen molar-refractivity contribution in [2.45, 2.75) is 65.6 Å². The van der Waals surface area contributed by atoms with Gasteiger partial charge in [-0.25, -0.2) is 9.78 Å². The number of aromatic nitrogens is 3. The smallest absolute Gasteiger partial charge is 0.325 e. The van der Waals surface area contributed by atoms with E-state index in [2.05, 4.69) is 38.9 Å². The Kier molecular flexibility index (Phi) is 6.61. The van der Waals surface area contributed by atoms with E-state index in [1.54, 1.807) is 13.8 Å². The third kappa shape index (κ3) is 4.66. The Balaban J connectivity index is 1.28. The fraction of sp³-hybridized carbons (Fsp3) is 0.615. The van der Waals surface area contributed by atoms with Crippen molar-refractivity contribution in [1.82, 2.24) is 29.9 Å². The van der Waals surface area contributed by atoms with Gasteiger partial charge in [0.15, 0.2) is 11.7 Å². The van der Waals surface area contributed by atoms with Crippen molar-refractivity contribution < 1.29 is 18.7 Å². The van der Waals surface area contributed by atoms with Crippen LogP contribution < -0.4 is 5.32 Å². The second-order valence-corrected chi connectivity index (χ2v) is 11.0. The lowest BCUT2D eigenvalue weighted by molar-refractivity contribution is 0.0355. The molecule has 3 amide bonds. The summed E-state index contributed by atoms with van der Waals surface area (Å²) in [6.45, 7) is 18.1. The van der Waals surface area contributed by atoms with Crippen LogP contribution in [0.25, 0.3) is 0 Å². The molecule has 0 unspecified atom stereocenters. The largest absolute Gasteiger partial charge is 0.436 e. The Morgan fingerprint density at radius 2 is 1.95 bits per heavy atom. The number of aryl methyl sites for hydroxylation is 2. The summed E-state index contributed by atoms with van der Waals surface area (Å²) < 4.78 is 11.0. The van der Waals surface area contributed by atoms with Gasteiger partial charge in [-0.05, 0) is 46.5 Å². The van der Waals surface area contributed by atoms with Crippen LogP contribution in [0, 0.1) is 19.8 Å². The topological polar surface area (TPSA) is 120 Å². The number of fused-ring (bicyclic) bond motifs is 1. The Hall–Kier alpha value is -3.18. The number of piperazine rings is 1. The monoisotopic (exact) mass is 511 g/mol. The summed E-state index contributed by atoms with van der Waals surface area (Å²) >= 11 is 0. The van der Waals surface area contributed by atoms with Gasteiger partial charge < -0.3 is 19.4 Å². The van der Waals surface area contributed by atoms with Crippen molar-refractivity contribution >= 4 is 17.8 Å².